The van der Waals surface area contributed by atoms with Gasteiger partial charge in [-0.1, -0.05) is 128 Å². The van der Waals surface area contributed by atoms with Gasteiger partial charge in [-0.2, -0.15) is 0 Å². The molecule has 5 nitrogen and oxygen atoms in total. The maximum atomic E-state index is 7.30. The van der Waals surface area contributed by atoms with Crippen LogP contribution in [-0.2, 0) is 25.2 Å². The van der Waals surface area contributed by atoms with Crippen LogP contribution < -0.4 is 15.1 Å². The summed E-state index contributed by atoms with van der Waals surface area (Å²) in [6, 6.07) is 29.6. The second-order valence-electron chi connectivity index (χ2n) is 13.0. The Labute approximate surface area is 279 Å². The van der Waals surface area contributed by atoms with Crippen molar-refractivity contribution < 1.29 is 23.4 Å². The molecule has 3 aromatic carbocycles. The SMILES string of the molecule is COc1ccc(COC(/C=C\CC(C)O[Si](c2ccccc2)(c2ccccc2)C(C)(C)C)[C@H]2OC(C)(C)O[C@H]2CCI)cc1. The maximum absolute atomic E-state index is 7.30. The normalized spacial score (nSPS) is 20.1. The molecular formula is C37H49IO5Si. The van der Waals surface area contributed by atoms with Gasteiger partial charge in [0.05, 0.1) is 19.8 Å². The van der Waals surface area contributed by atoms with Crippen LogP contribution in [0.4, 0.5) is 0 Å². The van der Waals surface area contributed by atoms with Gasteiger partial charge in [-0.3, -0.25) is 0 Å². The highest BCUT2D eigenvalue weighted by Crippen LogP contribution is 2.38. The monoisotopic (exact) mass is 728 g/mol. The van der Waals surface area contributed by atoms with Crippen LogP contribution in [0.3, 0.4) is 0 Å². The first kappa shape index (κ1) is 34.9. The minimum atomic E-state index is -2.64. The molecule has 44 heavy (non-hydrogen) atoms. The molecule has 1 heterocycles. The van der Waals surface area contributed by atoms with Crippen molar-refractivity contribution in [2.45, 2.75) is 96.2 Å². The van der Waals surface area contributed by atoms with Gasteiger partial charge in [-0.15, -0.1) is 0 Å². The Kier molecular flexibility index (Phi) is 12.3. The lowest BCUT2D eigenvalue weighted by Crippen LogP contribution is -2.67. The van der Waals surface area contributed by atoms with Crippen molar-refractivity contribution in [3.8, 4) is 5.75 Å². The fraction of sp³-hybridized carbons (Fsp3) is 0.459. The average Bonchev–Trinajstić information content (AvgIpc) is 3.31. The van der Waals surface area contributed by atoms with Crippen molar-refractivity contribution in [1.29, 1.82) is 0 Å². The highest BCUT2D eigenvalue weighted by atomic mass is 127. The largest absolute Gasteiger partial charge is 0.497 e. The van der Waals surface area contributed by atoms with Crippen LogP contribution in [0, 0.1) is 0 Å². The predicted molar refractivity (Wildman–Crippen MR) is 191 cm³/mol. The van der Waals surface area contributed by atoms with Crippen LogP contribution in [0.2, 0.25) is 5.04 Å². The summed E-state index contributed by atoms with van der Waals surface area (Å²) in [7, 11) is -0.966. The molecule has 0 N–H and O–H groups in total. The van der Waals surface area contributed by atoms with Crippen molar-refractivity contribution in [1.82, 2.24) is 0 Å². The standard InChI is InChI=1S/C37H49IO5Si/c1-28(43-44(36(2,3)4,31-16-10-8-11-17-31)32-18-12-9-13-19-32)15-14-20-33(35-34(25-26-38)41-37(5,6)42-35)40-27-29-21-23-30(39-7)24-22-29/h8-14,16-24,28,33-35H,15,25-27H2,1-7H3/b20-14-/t28?,33?,34-,35+/m0/s1. The van der Waals surface area contributed by atoms with Crippen molar-refractivity contribution in [2.24, 2.45) is 0 Å². The highest BCUT2D eigenvalue weighted by molar-refractivity contribution is 14.1. The Morgan fingerprint density at radius 3 is 2.02 bits per heavy atom. The van der Waals surface area contributed by atoms with Crippen LogP contribution in [0.1, 0.15) is 59.9 Å². The fourth-order valence-electron chi connectivity index (χ4n) is 6.09. The molecule has 0 aliphatic carbocycles. The average molecular weight is 729 g/mol. The second kappa shape index (κ2) is 15.5. The molecular weight excluding hydrogens is 679 g/mol. The van der Waals surface area contributed by atoms with Crippen molar-refractivity contribution in [3.05, 3.63) is 103 Å². The molecule has 0 radical (unpaired) electrons. The maximum Gasteiger partial charge on any atom is 0.261 e. The number of halogens is 1. The lowest BCUT2D eigenvalue weighted by molar-refractivity contribution is -0.156. The van der Waals surface area contributed by atoms with E-state index in [-0.39, 0.29) is 29.5 Å². The zero-order chi connectivity index (χ0) is 31.8. The molecule has 1 aliphatic rings. The topological polar surface area (TPSA) is 46.2 Å². The Morgan fingerprint density at radius 1 is 0.909 bits per heavy atom. The molecule has 1 aliphatic heterocycles. The van der Waals surface area contributed by atoms with E-state index in [0.29, 0.717) is 6.61 Å². The van der Waals surface area contributed by atoms with Crippen LogP contribution in [0.25, 0.3) is 0 Å². The molecule has 7 heteroatoms. The zero-order valence-corrected chi connectivity index (χ0v) is 30.5. The van der Waals surface area contributed by atoms with E-state index in [1.807, 2.05) is 38.1 Å². The summed E-state index contributed by atoms with van der Waals surface area (Å²) in [6.45, 7) is 13.6. The summed E-state index contributed by atoms with van der Waals surface area (Å²) in [5.41, 5.74) is 1.08. The molecule has 0 spiro atoms. The number of hydrogen-bond acceptors (Lipinski definition) is 5. The van der Waals surface area contributed by atoms with E-state index in [0.717, 1.165) is 28.6 Å². The summed E-state index contributed by atoms with van der Waals surface area (Å²) < 4.78 is 33.0. The zero-order valence-electron chi connectivity index (χ0n) is 27.3. The fourth-order valence-corrected chi connectivity index (χ4v) is 11.4. The van der Waals surface area contributed by atoms with Crippen molar-refractivity contribution >= 4 is 41.3 Å². The lowest BCUT2D eigenvalue weighted by Gasteiger charge is -2.44. The third kappa shape index (κ3) is 8.62. The second-order valence-corrected chi connectivity index (χ2v) is 18.3. The lowest BCUT2D eigenvalue weighted by atomic mass is 10.0. The molecule has 1 saturated heterocycles. The molecule has 1 fully saturated rings. The number of ether oxygens (including phenoxy) is 4. The van der Waals surface area contributed by atoms with E-state index in [1.165, 1.54) is 10.4 Å². The van der Waals surface area contributed by atoms with Crippen LogP contribution >= 0.6 is 22.6 Å². The summed E-state index contributed by atoms with van der Waals surface area (Å²) in [5.74, 6) is 0.174. The number of benzene rings is 3. The van der Waals surface area contributed by atoms with Gasteiger partial charge in [-0.25, -0.2) is 0 Å². The quantitative estimate of drug-likeness (QED) is 0.0734. The smallest absolute Gasteiger partial charge is 0.261 e. The van der Waals surface area contributed by atoms with E-state index in [4.69, 9.17) is 23.4 Å². The Morgan fingerprint density at radius 2 is 1.50 bits per heavy atom. The molecule has 238 valence electrons. The van der Waals surface area contributed by atoms with E-state index >= 15 is 0 Å². The van der Waals surface area contributed by atoms with Crippen LogP contribution in [-0.4, -0.2) is 50.1 Å². The molecule has 0 amide bonds. The third-order valence-corrected chi connectivity index (χ3v) is 13.9. The van der Waals surface area contributed by atoms with Gasteiger partial charge in [0.2, 0.25) is 0 Å². The van der Waals surface area contributed by atoms with Crippen LogP contribution in [0.15, 0.2) is 97.1 Å². The first-order valence-electron chi connectivity index (χ1n) is 15.6. The van der Waals surface area contributed by atoms with Crippen molar-refractivity contribution in [3.63, 3.8) is 0 Å². The first-order chi connectivity index (χ1) is 21.0. The van der Waals surface area contributed by atoms with E-state index < -0.39 is 14.1 Å². The van der Waals surface area contributed by atoms with Gasteiger partial charge in [0, 0.05) is 10.5 Å². The first-order valence-corrected chi connectivity index (χ1v) is 19.0. The predicted octanol–water partition coefficient (Wildman–Crippen LogP) is 7.84. The van der Waals surface area contributed by atoms with Gasteiger partial charge in [0.25, 0.3) is 8.32 Å². The van der Waals surface area contributed by atoms with Crippen LogP contribution in [0.5, 0.6) is 5.75 Å². The summed E-state index contributed by atoms with van der Waals surface area (Å²) in [5, 5.41) is 2.50. The molecule has 0 saturated carbocycles. The van der Waals surface area contributed by atoms with Gasteiger partial charge in [0.15, 0.2) is 5.79 Å². The Hall–Kier alpha value is -2.01. The minimum Gasteiger partial charge on any atom is -0.497 e. The summed E-state index contributed by atoms with van der Waals surface area (Å²) in [4.78, 5) is 0. The number of alkyl halides is 1. The Bertz CT molecular complexity index is 1270. The van der Waals surface area contributed by atoms with E-state index in [9.17, 15) is 0 Å². The molecule has 0 bridgehead atoms. The van der Waals surface area contributed by atoms with E-state index in [2.05, 4.69) is 123 Å². The molecule has 4 atom stereocenters. The van der Waals surface area contributed by atoms with Gasteiger partial charge >= 0.3 is 0 Å². The van der Waals surface area contributed by atoms with Gasteiger partial charge in [0.1, 0.15) is 18.0 Å². The molecule has 4 rings (SSSR count). The number of rotatable bonds is 14. The number of hydrogen-bond donors (Lipinski definition) is 0. The molecule has 2 unspecified atom stereocenters. The third-order valence-electron chi connectivity index (χ3n) is 8.13. The minimum absolute atomic E-state index is 0.0119. The number of methoxy groups -OCH3 is 1. The summed E-state index contributed by atoms with van der Waals surface area (Å²) in [6.07, 6.45) is 5.48. The van der Waals surface area contributed by atoms with Gasteiger partial charge < -0.3 is 23.4 Å². The van der Waals surface area contributed by atoms with E-state index in [1.54, 1.807) is 7.11 Å². The highest BCUT2D eigenvalue weighted by Gasteiger charge is 2.51. The molecule has 0 aromatic heterocycles. The molecule has 3 aromatic rings. The van der Waals surface area contributed by atoms with Gasteiger partial charge in [-0.05, 0) is 66.7 Å². The van der Waals surface area contributed by atoms with Crippen molar-refractivity contribution in [2.75, 3.05) is 11.5 Å². The summed E-state index contributed by atoms with van der Waals surface area (Å²) >= 11 is 2.41. The Balaban J connectivity index is 1.57.